The molecule has 0 bridgehead atoms. The smallest absolute Gasteiger partial charge is 0.341 e. The van der Waals surface area contributed by atoms with E-state index < -0.39 is 0 Å². The maximum atomic E-state index is 11.8. The molecule has 2 heterocycles. The Labute approximate surface area is 118 Å². The first-order valence-corrected chi connectivity index (χ1v) is 7.02. The van der Waals surface area contributed by atoms with Gasteiger partial charge < -0.3 is 9.15 Å². The maximum absolute atomic E-state index is 11.8. The SMILES string of the molecule is COC(=O)c1cccc2c1oc1c3ccccc3sc21. The highest BCUT2D eigenvalue weighted by Gasteiger charge is 2.18. The number of esters is 1. The number of hydrogen-bond acceptors (Lipinski definition) is 4. The average molecular weight is 282 g/mol. The van der Waals surface area contributed by atoms with Crippen LogP contribution in [0.3, 0.4) is 0 Å². The number of ether oxygens (including phenoxy) is 1. The predicted octanol–water partition coefficient (Wildman–Crippen LogP) is 4.59. The molecule has 0 radical (unpaired) electrons. The van der Waals surface area contributed by atoms with E-state index in [-0.39, 0.29) is 5.97 Å². The molecule has 4 rings (SSSR count). The molecule has 0 aliphatic carbocycles. The molecule has 0 N–H and O–H groups in total. The number of fused-ring (bicyclic) bond motifs is 5. The Kier molecular flexibility index (Phi) is 2.35. The highest BCUT2D eigenvalue weighted by Crippen LogP contribution is 2.41. The lowest BCUT2D eigenvalue weighted by molar-refractivity contribution is 0.0602. The molecule has 0 saturated carbocycles. The molecule has 0 spiro atoms. The van der Waals surface area contributed by atoms with Crippen molar-refractivity contribution < 1.29 is 13.9 Å². The van der Waals surface area contributed by atoms with Crippen molar-refractivity contribution in [3.05, 3.63) is 48.0 Å². The summed E-state index contributed by atoms with van der Waals surface area (Å²) in [6.45, 7) is 0. The first-order chi connectivity index (χ1) is 9.79. The summed E-state index contributed by atoms with van der Waals surface area (Å²) >= 11 is 1.68. The zero-order valence-electron chi connectivity index (χ0n) is 10.7. The summed E-state index contributed by atoms with van der Waals surface area (Å²) in [6, 6.07) is 13.7. The van der Waals surface area contributed by atoms with Gasteiger partial charge in [0.05, 0.1) is 11.8 Å². The average Bonchev–Trinajstić information content (AvgIpc) is 3.02. The van der Waals surface area contributed by atoms with Crippen LogP contribution in [0.15, 0.2) is 46.9 Å². The Balaban J connectivity index is 2.17. The van der Waals surface area contributed by atoms with Crippen LogP contribution in [-0.2, 0) is 4.74 Å². The van der Waals surface area contributed by atoms with Gasteiger partial charge in [-0.2, -0.15) is 0 Å². The van der Waals surface area contributed by atoms with Crippen molar-refractivity contribution >= 4 is 48.6 Å². The Morgan fingerprint density at radius 2 is 1.85 bits per heavy atom. The second-order valence-electron chi connectivity index (χ2n) is 4.53. The van der Waals surface area contributed by atoms with Crippen LogP contribution >= 0.6 is 11.3 Å². The van der Waals surface area contributed by atoms with E-state index in [2.05, 4.69) is 6.07 Å². The second kappa shape index (κ2) is 4.08. The molecular weight excluding hydrogens is 272 g/mol. The minimum atomic E-state index is -0.374. The number of para-hydroxylation sites is 1. The number of carbonyl (C=O) groups is 1. The lowest BCUT2D eigenvalue weighted by atomic mass is 10.1. The fraction of sp³-hybridized carbons (Fsp3) is 0.0625. The summed E-state index contributed by atoms with van der Waals surface area (Å²) in [5.74, 6) is -0.374. The third-order valence-electron chi connectivity index (χ3n) is 3.42. The number of hydrogen-bond donors (Lipinski definition) is 0. The zero-order chi connectivity index (χ0) is 13.7. The molecular formula is C16H10O3S. The zero-order valence-corrected chi connectivity index (χ0v) is 11.5. The molecule has 0 atom stereocenters. The summed E-state index contributed by atoms with van der Waals surface area (Å²) < 4.78 is 13.0. The first kappa shape index (κ1) is 11.5. The van der Waals surface area contributed by atoms with Crippen LogP contribution in [0.5, 0.6) is 0 Å². The summed E-state index contributed by atoms with van der Waals surface area (Å²) in [7, 11) is 1.38. The van der Waals surface area contributed by atoms with Gasteiger partial charge in [-0.15, -0.1) is 11.3 Å². The second-order valence-corrected chi connectivity index (χ2v) is 5.58. The van der Waals surface area contributed by atoms with E-state index in [9.17, 15) is 4.79 Å². The Bertz CT molecular complexity index is 962. The van der Waals surface area contributed by atoms with Crippen molar-refractivity contribution in [2.45, 2.75) is 0 Å². The van der Waals surface area contributed by atoms with Gasteiger partial charge in [0.1, 0.15) is 5.56 Å². The van der Waals surface area contributed by atoms with Crippen LogP contribution in [-0.4, -0.2) is 13.1 Å². The van der Waals surface area contributed by atoms with Crippen LogP contribution < -0.4 is 0 Å². The van der Waals surface area contributed by atoms with Gasteiger partial charge in [-0.25, -0.2) is 4.79 Å². The van der Waals surface area contributed by atoms with Gasteiger partial charge >= 0.3 is 5.97 Å². The van der Waals surface area contributed by atoms with Crippen molar-refractivity contribution in [1.29, 1.82) is 0 Å². The highest BCUT2D eigenvalue weighted by molar-refractivity contribution is 7.26. The van der Waals surface area contributed by atoms with Gasteiger partial charge in [-0.3, -0.25) is 0 Å². The highest BCUT2D eigenvalue weighted by atomic mass is 32.1. The number of methoxy groups -OCH3 is 1. The Morgan fingerprint density at radius 3 is 2.70 bits per heavy atom. The summed E-state index contributed by atoms with van der Waals surface area (Å²) in [5.41, 5.74) is 1.92. The molecule has 0 fully saturated rings. The first-order valence-electron chi connectivity index (χ1n) is 6.20. The number of rotatable bonds is 1. The standard InChI is InChI=1S/C16H10O3S/c1-18-16(17)11-7-4-6-10-13(11)19-14-9-5-2-3-8-12(9)20-15(10)14/h2-8H,1H3. The van der Waals surface area contributed by atoms with Gasteiger partial charge in [0, 0.05) is 15.5 Å². The summed E-state index contributed by atoms with van der Waals surface area (Å²) in [6.07, 6.45) is 0. The van der Waals surface area contributed by atoms with Gasteiger partial charge in [0.25, 0.3) is 0 Å². The molecule has 0 amide bonds. The van der Waals surface area contributed by atoms with E-state index in [1.807, 2.05) is 30.3 Å². The molecule has 0 aliphatic heterocycles. The molecule has 2 aromatic carbocycles. The number of furan rings is 1. The Hall–Kier alpha value is -2.33. The topological polar surface area (TPSA) is 39.4 Å². The van der Waals surface area contributed by atoms with Crippen molar-refractivity contribution in [2.24, 2.45) is 0 Å². The molecule has 3 nitrogen and oxygen atoms in total. The lowest BCUT2D eigenvalue weighted by Gasteiger charge is -1.99. The van der Waals surface area contributed by atoms with Crippen molar-refractivity contribution in [2.75, 3.05) is 7.11 Å². The fourth-order valence-corrected chi connectivity index (χ4v) is 3.65. The molecule has 2 aromatic heterocycles. The van der Waals surface area contributed by atoms with Crippen LogP contribution in [0.4, 0.5) is 0 Å². The lowest BCUT2D eigenvalue weighted by Crippen LogP contribution is -2.00. The van der Waals surface area contributed by atoms with Crippen molar-refractivity contribution in [1.82, 2.24) is 0 Å². The van der Waals surface area contributed by atoms with Gasteiger partial charge in [-0.1, -0.05) is 18.2 Å². The van der Waals surface area contributed by atoms with Crippen molar-refractivity contribution in [3.63, 3.8) is 0 Å². The molecule has 4 heteroatoms. The van der Waals surface area contributed by atoms with Gasteiger partial charge in [0.15, 0.2) is 11.2 Å². The van der Waals surface area contributed by atoms with Crippen LogP contribution in [0, 0.1) is 0 Å². The number of thiophene rings is 1. The molecule has 0 saturated heterocycles. The van der Waals surface area contributed by atoms with Crippen LogP contribution in [0.25, 0.3) is 31.3 Å². The van der Waals surface area contributed by atoms with E-state index in [0.717, 1.165) is 21.1 Å². The van der Waals surface area contributed by atoms with Crippen LogP contribution in [0.2, 0.25) is 0 Å². The monoisotopic (exact) mass is 282 g/mol. The van der Waals surface area contributed by atoms with E-state index in [4.69, 9.17) is 9.15 Å². The van der Waals surface area contributed by atoms with Gasteiger partial charge in [0.2, 0.25) is 0 Å². The molecule has 98 valence electrons. The minimum Gasteiger partial charge on any atom is -0.465 e. The minimum absolute atomic E-state index is 0.374. The summed E-state index contributed by atoms with van der Waals surface area (Å²) in [4.78, 5) is 11.8. The Morgan fingerprint density at radius 1 is 1.05 bits per heavy atom. The molecule has 4 aromatic rings. The van der Waals surface area contributed by atoms with Gasteiger partial charge in [-0.05, 0) is 24.3 Å². The molecule has 0 aliphatic rings. The summed E-state index contributed by atoms with van der Waals surface area (Å²) in [5, 5.41) is 2.05. The van der Waals surface area contributed by atoms with Crippen molar-refractivity contribution in [3.8, 4) is 0 Å². The number of benzene rings is 2. The maximum Gasteiger partial charge on any atom is 0.341 e. The van der Waals surface area contributed by atoms with E-state index in [0.29, 0.717) is 11.1 Å². The van der Waals surface area contributed by atoms with E-state index in [1.165, 1.54) is 11.8 Å². The van der Waals surface area contributed by atoms with E-state index in [1.54, 1.807) is 17.4 Å². The molecule has 0 unspecified atom stereocenters. The fourth-order valence-electron chi connectivity index (χ4n) is 2.50. The normalized spacial score (nSPS) is 11.4. The quantitative estimate of drug-likeness (QED) is 0.479. The molecule has 20 heavy (non-hydrogen) atoms. The predicted molar refractivity (Wildman–Crippen MR) is 80.4 cm³/mol. The van der Waals surface area contributed by atoms with Crippen LogP contribution in [0.1, 0.15) is 10.4 Å². The largest absolute Gasteiger partial charge is 0.465 e. The van der Waals surface area contributed by atoms with E-state index >= 15 is 0 Å². The third-order valence-corrected chi connectivity index (χ3v) is 4.60. The third kappa shape index (κ3) is 1.42. The number of carbonyl (C=O) groups excluding carboxylic acids is 1.